The lowest BCUT2D eigenvalue weighted by molar-refractivity contribution is 0.490. The van der Waals surface area contributed by atoms with Crippen molar-refractivity contribution in [2.75, 3.05) is 5.75 Å². The van der Waals surface area contributed by atoms with Crippen molar-refractivity contribution in [3.8, 4) is 6.07 Å². The molecular weight excluding hydrogens is 242 g/mol. The second kappa shape index (κ2) is 5.92. The van der Waals surface area contributed by atoms with Gasteiger partial charge in [0.2, 0.25) is 0 Å². The zero-order valence-electron chi connectivity index (χ0n) is 10.7. The summed E-state index contributed by atoms with van der Waals surface area (Å²) in [6.07, 6.45) is 0. The third-order valence-corrected chi connectivity index (χ3v) is 4.39. The molecule has 0 aliphatic carbocycles. The Morgan fingerprint density at radius 3 is 2.72 bits per heavy atom. The summed E-state index contributed by atoms with van der Waals surface area (Å²) < 4.78 is 0. The average molecular weight is 259 g/mol. The standard InChI is InChI=1S/C14H17N3S/c1-10-9-18-14(17-11(10)2)16-8-13-5-3-12(7-15)4-6-13/h3-6,10-11H,8-9H2,1-2H3,(H,16,17). The number of benzene rings is 1. The number of nitriles is 1. The van der Waals surface area contributed by atoms with E-state index in [0.717, 1.165) is 16.5 Å². The van der Waals surface area contributed by atoms with E-state index < -0.39 is 0 Å². The van der Waals surface area contributed by atoms with Crippen LogP contribution in [0.2, 0.25) is 0 Å². The van der Waals surface area contributed by atoms with E-state index in [9.17, 15) is 0 Å². The van der Waals surface area contributed by atoms with Gasteiger partial charge in [-0.2, -0.15) is 5.26 Å². The molecule has 1 aromatic carbocycles. The minimum Gasteiger partial charge on any atom is -0.362 e. The fourth-order valence-electron chi connectivity index (χ4n) is 1.67. The molecule has 1 N–H and O–H groups in total. The highest BCUT2D eigenvalue weighted by molar-refractivity contribution is 8.13. The van der Waals surface area contributed by atoms with Gasteiger partial charge in [-0.1, -0.05) is 30.8 Å². The molecule has 0 aromatic heterocycles. The topological polar surface area (TPSA) is 48.2 Å². The first-order valence-electron chi connectivity index (χ1n) is 6.12. The van der Waals surface area contributed by atoms with Crippen LogP contribution in [0.4, 0.5) is 0 Å². The molecule has 0 spiro atoms. The van der Waals surface area contributed by atoms with Crippen LogP contribution in [0, 0.1) is 17.2 Å². The smallest absolute Gasteiger partial charge is 0.157 e. The Morgan fingerprint density at radius 1 is 1.39 bits per heavy atom. The lowest BCUT2D eigenvalue weighted by atomic mass is 10.1. The van der Waals surface area contributed by atoms with E-state index in [2.05, 4.69) is 30.2 Å². The van der Waals surface area contributed by atoms with E-state index >= 15 is 0 Å². The molecule has 2 atom stereocenters. The van der Waals surface area contributed by atoms with Crippen molar-refractivity contribution in [3.05, 3.63) is 35.4 Å². The molecular formula is C14H17N3S. The molecule has 1 aliphatic heterocycles. The predicted molar refractivity (Wildman–Crippen MR) is 76.5 cm³/mol. The van der Waals surface area contributed by atoms with Crippen molar-refractivity contribution in [2.45, 2.75) is 26.4 Å². The minimum absolute atomic E-state index is 0.492. The van der Waals surface area contributed by atoms with Crippen LogP contribution >= 0.6 is 11.8 Å². The summed E-state index contributed by atoms with van der Waals surface area (Å²) in [5, 5.41) is 13.2. The molecule has 94 valence electrons. The first kappa shape index (κ1) is 13.0. The molecule has 0 amide bonds. The summed E-state index contributed by atoms with van der Waals surface area (Å²) in [7, 11) is 0. The maximum atomic E-state index is 8.73. The van der Waals surface area contributed by atoms with Gasteiger partial charge < -0.3 is 5.32 Å². The van der Waals surface area contributed by atoms with Gasteiger partial charge in [-0.3, -0.25) is 4.99 Å². The molecule has 2 rings (SSSR count). The summed E-state index contributed by atoms with van der Waals surface area (Å²) in [4.78, 5) is 4.58. The van der Waals surface area contributed by atoms with Gasteiger partial charge in [-0.25, -0.2) is 0 Å². The number of rotatable bonds is 2. The lowest BCUT2D eigenvalue weighted by Crippen LogP contribution is -2.41. The number of hydrogen-bond acceptors (Lipinski definition) is 3. The minimum atomic E-state index is 0.492. The summed E-state index contributed by atoms with van der Waals surface area (Å²) >= 11 is 1.79. The van der Waals surface area contributed by atoms with Crippen molar-refractivity contribution in [1.29, 1.82) is 5.26 Å². The lowest BCUT2D eigenvalue weighted by Gasteiger charge is -2.28. The normalized spacial score (nSPS) is 25.5. The van der Waals surface area contributed by atoms with Crippen LogP contribution in [0.25, 0.3) is 0 Å². The van der Waals surface area contributed by atoms with Crippen LogP contribution in [0.15, 0.2) is 29.3 Å². The highest BCUT2D eigenvalue weighted by Crippen LogP contribution is 2.19. The first-order chi connectivity index (χ1) is 8.69. The Labute approximate surface area is 112 Å². The number of nitrogens with zero attached hydrogens (tertiary/aromatic N) is 2. The molecule has 3 nitrogen and oxygen atoms in total. The van der Waals surface area contributed by atoms with Crippen LogP contribution in [-0.4, -0.2) is 17.0 Å². The molecule has 1 saturated heterocycles. The van der Waals surface area contributed by atoms with E-state index in [0.29, 0.717) is 24.1 Å². The van der Waals surface area contributed by atoms with Crippen molar-refractivity contribution in [3.63, 3.8) is 0 Å². The second-order valence-corrected chi connectivity index (χ2v) is 5.66. The molecule has 1 aromatic rings. The Balaban J connectivity index is 1.96. The van der Waals surface area contributed by atoms with Gasteiger partial charge in [-0.05, 0) is 30.5 Å². The number of aliphatic imine (C=N–C) groups is 1. The van der Waals surface area contributed by atoms with Crippen LogP contribution in [0.5, 0.6) is 0 Å². The van der Waals surface area contributed by atoms with E-state index in [1.807, 2.05) is 24.3 Å². The molecule has 4 heteroatoms. The van der Waals surface area contributed by atoms with E-state index in [-0.39, 0.29) is 0 Å². The molecule has 18 heavy (non-hydrogen) atoms. The summed E-state index contributed by atoms with van der Waals surface area (Å²) in [6, 6.07) is 10.2. The first-order valence-corrected chi connectivity index (χ1v) is 7.10. The van der Waals surface area contributed by atoms with Crippen molar-refractivity contribution in [2.24, 2.45) is 10.9 Å². The summed E-state index contributed by atoms with van der Waals surface area (Å²) in [5.74, 6) is 1.81. The SMILES string of the molecule is CC1CSC(=NCc2ccc(C#N)cc2)NC1C. The third-order valence-electron chi connectivity index (χ3n) is 3.18. The van der Waals surface area contributed by atoms with Gasteiger partial charge in [-0.15, -0.1) is 0 Å². The maximum absolute atomic E-state index is 8.73. The summed E-state index contributed by atoms with van der Waals surface area (Å²) in [5.41, 5.74) is 1.83. The highest BCUT2D eigenvalue weighted by Gasteiger charge is 2.20. The number of nitrogens with one attached hydrogen (secondary N) is 1. The van der Waals surface area contributed by atoms with Crippen LogP contribution in [0.1, 0.15) is 25.0 Å². The van der Waals surface area contributed by atoms with Gasteiger partial charge in [0.25, 0.3) is 0 Å². The fourth-order valence-corrected chi connectivity index (χ4v) is 2.81. The fraction of sp³-hybridized carbons (Fsp3) is 0.429. The van der Waals surface area contributed by atoms with Crippen molar-refractivity contribution >= 4 is 16.9 Å². The van der Waals surface area contributed by atoms with Gasteiger partial charge >= 0.3 is 0 Å². The highest BCUT2D eigenvalue weighted by atomic mass is 32.2. The summed E-state index contributed by atoms with van der Waals surface area (Å²) in [6.45, 7) is 5.12. The molecule has 1 aliphatic rings. The Kier molecular flexibility index (Phi) is 4.27. The molecule has 0 radical (unpaired) electrons. The Bertz CT molecular complexity index is 473. The molecule has 0 saturated carbocycles. The molecule has 1 fully saturated rings. The van der Waals surface area contributed by atoms with Gasteiger partial charge in [0.1, 0.15) is 0 Å². The molecule has 2 unspecified atom stereocenters. The van der Waals surface area contributed by atoms with E-state index in [4.69, 9.17) is 5.26 Å². The van der Waals surface area contributed by atoms with Crippen LogP contribution in [-0.2, 0) is 6.54 Å². The zero-order valence-corrected chi connectivity index (χ0v) is 11.5. The number of hydrogen-bond donors (Lipinski definition) is 1. The second-order valence-electron chi connectivity index (χ2n) is 4.65. The Hall–Kier alpha value is -1.47. The van der Waals surface area contributed by atoms with Crippen molar-refractivity contribution < 1.29 is 0 Å². The average Bonchev–Trinajstić information content (AvgIpc) is 2.41. The predicted octanol–water partition coefficient (Wildman–Crippen LogP) is 2.78. The molecule has 1 heterocycles. The van der Waals surface area contributed by atoms with Gasteiger partial charge in [0.05, 0.1) is 18.2 Å². The van der Waals surface area contributed by atoms with Crippen molar-refractivity contribution in [1.82, 2.24) is 5.32 Å². The monoisotopic (exact) mass is 259 g/mol. The van der Waals surface area contributed by atoms with E-state index in [1.54, 1.807) is 11.8 Å². The quantitative estimate of drug-likeness (QED) is 0.888. The third kappa shape index (κ3) is 3.27. The molecule has 0 bridgehead atoms. The van der Waals surface area contributed by atoms with Crippen LogP contribution < -0.4 is 5.32 Å². The number of amidine groups is 1. The maximum Gasteiger partial charge on any atom is 0.157 e. The van der Waals surface area contributed by atoms with Crippen LogP contribution in [0.3, 0.4) is 0 Å². The number of thioether (sulfide) groups is 1. The Morgan fingerprint density at radius 2 is 2.11 bits per heavy atom. The van der Waals surface area contributed by atoms with Gasteiger partial charge in [0.15, 0.2) is 5.17 Å². The largest absolute Gasteiger partial charge is 0.362 e. The van der Waals surface area contributed by atoms with Gasteiger partial charge in [0, 0.05) is 11.8 Å². The zero-order chi connectivity index (χ0) is 13.0. The van der Waals surface area contributed by atoms with E-state index in [1.165, 1.54) is 0 Å².